The fourth-order valence-electron chi connectivity index (χ4n) is 2.78. The average molecular weight is 368 g/mol. The minimum atomic E-state index is -3.17. The van der Waals surface area contributed by atoms with Crippen molar-refractivity contribution in [1.82, 2.24) is 9.29 Å². The second kappa shape index (κ2) is 7.16. The molecule has 1 aromatic carbocycles. The number of nitrogens with zero attached hydrogens (tertiary/aromatic N) is 2. The molecule has 0 spiro atoms. The maximum Gasteiger partial charge on any atom is 0.309 e. The predicted octanol–water partition coefficient (Wildman–Crippen LogP) is 2.40. The number of thiazole rings is 1. The first-order valence-electron chi connectivity index (χ1n) is 7.98. The van der Waals surface area contributed by atoms with E-state index in [9.17, 15) is 13.2 Å². The Balaban J connectivity index is 1.53. The second-order valence-electron chi connectivity index (χ2n) is 5.76. The van der Waals surface area contributed by atoms with Gasteiger partial charge in [-0.25, -0.2) is 17.7 Å². The van der Waals surface area contributed by atoms with Crippen LogP contribution in [0, 0.1) is 5.92 Å². The predicted molar refractivity (Wildman–Crippen MR) is 93.2 cm³/mol. The van der Waals surface area contributed by atoms with Crippen LogP contribution in [-0.4, -0.2) is 42.5 Å². The van der Waals surface area contributed by atoms with Crippen LogP contribution in [0.4, 0.5) is 0 Å². The van der Waals surface area contributed by atoms with Crippen molar-refractivity contribution in [3.05, 3.63) is 29.3 Å². The molecule has 0 unspecified atom stereocenters. The third-order valence-electron chi connectivity index (χ3n) is 4.22. The van der Waals surface area contributed by atoms with Crippen LogP contribution in [0.15, 0.2) is 24.3 Å². The van der Waals surface area contributed by atoms with E-state index in [0.29, 0.717) is 25.9 Å². The average Bonchev–Trinajstić information content (AvgIpc) is 3.02. The molecule has 0 atom stereocenters. The van der Waals surface area contributed by atoms with Crippen LogP contribution in [0.25, 0.3) is 10.2 Å². The molecule has 8 heteroatoms. The molecular weight excluding hydrogens is 348 g/mol. The number of carbonyl (C=O) groups is 1. The summed E-state index contributed by atoms with van der Waals surface area (Å²) in [5, 5.41) is 0.774. The lowest BCUT2D eigenvalue weighted by Gasteiger charge is -2.29. The number of para-hydroxylation sites is 1. The molecule has 130 valence electrons. The Labute approximate surface area is 145 Å². The van der Waals surface area contributed by atoms with Gasteiger partial charge in [-0.2, -0.15) is 0 Å². The first-order valence-corrected chi connectivity index (χ1v) is 10.4. The summed E-state index contributed by atoms with van der Waals surface area (Å²) in [6.45, 7) is 2.58. The smallest absolute Gasteiger partial charge is 0.309 e. The van der Waals surface area contributed by atoms with Crippen molar-refractivity contribution in [2.45, 2.75) is 26.4 Å². The van der Waals surface area contributed by atoms with Gasteiger partial charge in [0.25, 0.3) is 0 Å². The van der Waals surface area contributed by atoms with E-state index in [1.54, 1.807) is 6.92 Å². The van der Waals surface area contributed by atoms with Gasteiger partial charge in [-0.05, 0) is 31.9 Å². The molecule has 1 aromatic heterocycles. The van der Waals surface area contributed by atoms with Crippen LogP contribution in [0.2, 0.25) is 0 Å². The highest BCUT2D eigenvalue weighted by Crippen LogP contribution is 2.24. The number of esters is 1. The van der Waals surface area contributed by atoms with Gasteiger partial charge in [-0.15, -0.1) is 11.3 Å². The molecule has 1 aliphatic heterocycles. The molecule has 1 saturated heterocycles. The standard InChI is InChI=1S/C16H20N2O4S2/c1-2-24(20,21)18-9-7-12(8-10-18)16(19)22-11-15-17-13-5-3-4-6-14(13)23-15/h3-6,12H,2,7-11H2,1H3. The van der Waals surface area contributed by atoms with Crippen molar-refractivity contribution in [2.75, 3.05) is 18.8 Å². The van der Waals surface area contributed by atoms with Gasteiger partial charge in [0.2, 0.25) is 10.0 Å². The Kier molecular flexibility index (Phi) is 5.17. The summed E-state index contributed by atoms with van der Waals surface area (Å²) in [4.78, 5) is 16.6. The molecule has 0 saturated carbocycles. The van der Waals surface area contributed by atoms with E-state index in [4.69, 9.17) is 4.74 Å². The Morgan fingerprint density at radius 1 is 1.33 bits per heavy atom. The number of aromatic nitrogens is 1. The minimum Gasteiger partial charge on any atom is -0.458 e. The molecule has 3 rings (SSSR count). The highest BCUT2D eigenvalue weighted by Gasteiger charge is 2.31. The van der Waals surface area contributed by atoms with Crippen LogP contribution in [0.1, 0.15) is 24.8 Å². The third-order valence-corrected chi connectivity index (χ3v) is 7.11. The summed E-state index contributed by atoms with van der Waals surface area (Å²) in [7, 11) is -3.17. The largest absolute Gasteiger partial charge is 0.458 e. The molecule has 0 bridgehead atoms. The Morgan fingerprint density at radius 2 is 2.04 bits per heavy atom. The summed E-state index contributed by atoms with van der Waals surface area (Å²) in [5.41, 5.74) is 0.909. The molecule has 1 aliphatic rings. The van der Waals surface area contributed by atoms with E-state index in [1.165, 1.54) is 15.6 Å². The van der Waals surface area contributed by atoms with Crippen LogP contribution in [-0.2, 0) is 26.2 Å². The first-order chi connectivity index (χ1) is 11.5. The molecule has 0 radical (unpaired) electrons. The van der Waals surface area contributed by atoms with Gasteiger partial charge in [0, 0.05) is 13.1 Å². The van der Waals surface area contributed by atoms with Crippen molar-refractivity contribution in [2.24, 2.45) is 5.92 Å². The van der Waals surface area contributed by atoms with Gasteiger partial charge in [-0.1, -0.05) is 12.1 Å². The van der Waals surface area contributed by atoms with Crippen molar-refractivity contribution in [3.8, 4) is 0 Å². The van der Waals surface area contributed by atoms with Crippen LogP contribution >= 0.6 is 11.3 Å². The highest BCUT2D eigenvalue weighted by molar-refractivity contribution is 7.89. The summed E-state index contributed by atoms with van der Waals surface area (Å²) in [6.07, 6.45) is 1.02. The van der Waals surface area contributed by atoms with Crippen LogP contribution < -0.4 is 0 Å². The summed E-state index contributed by atoms with van der Waals surface area (Å²) < 4.78 is 31.6. The second-order valence-corrected chi connectivity index (χ2v) is 9.13. The number of ether oxygens (including phenoxy) is 1. The molecule has 0 N–H and O–H groups in total. The zero-order valence-corrected chi connectivity index (χ0v) is 15.1. The van der Waals surface area contributed by atoms with Gasteiger partial charge in [0.1, 0.15) is 11.6 Å². The normalized spacial score (nSPS) is 17.2. The van der Waals surface area contributed by atoms with Gasteiger partial charge >= 0.3 is 5.97 Å². The summed E-state index contributed by atoms with van der Waals surface area (Å²) in [5.74, 6) is -0.398. The highest BCUT2D eigenvalue weighted by atomic mass is 32.2. The van der Waals surface area contributed by atoms with Crippen molar-refractivity contribution >= 4 is 37.5 Å². The molecule has 24 heavy (non-hydrogen) atoms. The van der Waals surface area contributed by atoms with E-state index in [2.05, 4.69) is 4.98 Å². The fraction of sp³-hybridized carbons (Fsp3) is 0.500. The molecule has 2 heterocycles. The van der Waals surface area contributed by atoms with Crippen LogP contribution in [0.3, 0.4) is 0 Å². The zero-order valence-electron chi connectivity index (χ0n) is 13.5. The number of hydrogen-bond acceptors (Lipinski definition) is 6. The molecule has 0 amide bonds. The first kappa shape index (κ1) is 17.3. The third kappa shape index (κ3) is 3.76. The monoisotopic (exact) mass is 368 g/mol. The van der Waals surface area contributed by atoms with E-state index in [-0.39, 0.29) is 24.2 Å². The number of hydrogen-bond donors (Lipinski definition) is 0. The molecule has 0 aliphatic carbocycles. The molecule has 6 nitrogen and oxygen atoms in total. The Hall–Kier alpha value is -1.51. The quantitative estimate of drug-likeness (QED) is 0.758. The Bertz CT molecular complexity index is 790. The SMILES string of the molecule is CCS(=O)(=O)N1CCC(C(=O)OCc2nc3ccccc3s2)CC1. The molecule has 2 aromatic rings. The lowest BCUT2D eigenvalue weighted by atomic mass is 9.98. The van der Waals surface area contributed by atoms with E-state index in [0.717, 1.165) is 15.2 Å². The molecular formula is C16H20N2O4S2. The lowest BCUT2D eigenvalue weighted by Crippen LogP contribution is -2.41. The van der Waals surface area contributed by atoms with E-state index >= 15 is 0 Å². The van der Waals surface area contributed by atoms with Crippen molar-refractivity contribution in [3.63, 3.8) is 0 Å². The van der Waals surface area contributed by atoms with Gasteiger partial charge < -0.3 is 4.74 Å². The minimum absolute atomic E-state index is 0.0969. The van der Waals surface area contributed by atoms with Crippen molar-refractivity contribution < 1.29 is 17.9 Å². The number of fused-ring (bicyclic) bond motifs is 1. The van der Waals surface area contributed by atoms with Gasteiger partial charge in [0.15, 0.2) is 0 Å². The molecule has 1 fully saturated rings. The number of carbonyl (C=O) groups excluding carboxylic acids is 1. The number of benzene rings is 1. The maximum absolute atomic E-state index is 12.2. The van der Waals surface area contributed by atoms with Gasteiger partial charge in [-0.3, -0.25) is 4.79 Å². The maximum atomic E-state index is 12.2. The topological polar surface area (TPSA) is 76.6 Å². The summed E-state index contributed by atoms with van der Waals surface area (Å²) in [6, 6.07) is 7.80. The Morgan fingerprint density at radius 3 is 2.71 bits per heavy atom. The number of rotatable bonds is 5. The van der Waals surface area contributed by atoms with E-state index in [1.807, 2.05) is 24.3 Å². The van der Waals surface area contributed by atoms with E-state index < -0.39 is 10.0 Å². The lowest BCUT2D eigenvalue weighted by molar-refractivity contribution is -0.151. The fourth-order valence-corrected chi connectivity index (χ4v) is 4.80. The number of sulfonamides is 1. The number of piperidine rings is 1. The summed E-state index contributed by atoms with van der Waals surface area (Å²) >= 11 is 1.52. The van der Waals surface area contributed by atoms with Crippen molar-refractivity contribution in [1.29, 1.82) is 0 Å². The van der Waals surface area contributed by atoms with Crippen LogP contribution in [0.5, 0.6) is 0 Å². The van der Waals surface area contributed by atoms with Gasteiger partial charge in [0.05, 0.1) is 21.9 Å². The zero-order chi connectivity index (χ0) is 17.2.